The van der Waals surface area contributed by atoms with Crippen LogP contribution in [0.4, 0.5) is 0 Å². The zero-order chi connectivity index (χ0) is 11.4. The first-order valence-corrected chi connectivity index (χ1v) is 7.29. The van der Waals surface area contributed by atoms with Crippen molar-refractivity contribution in [3.8, 4) is 0 Å². The van der Waals surface area contributed by atoms with Crippen molar-refractivity contribution in [2.75, 3.05) is 19.6 Å². The predicted molar refractivity (Wildman–Crippen MR) is 69.4 cm³/mol. The Bertz CT molecular complexity index is 195. The molecule has 2 aliphatic carbocycles. The molecule has 0 saturated heterocycles. The van der Waals surface area contributed by atoms with Gasteiger partial charge in [0.2, 0.25) is 0 Å². The van der Waals surface area contributed by atoms with Crippen LogP contribution in [-0.2, 0) is 0 Å². The van der Waals surface area contributed by atoms with Gasteiger partial charge in [0.25, 0.3) is 0 Å². The van der Waals surface area contributed by atoms with E-state index in [0.29, 0.717) is 6.04 Å². The average Bonchev–Trinajstić information content (AvgIpc) is 2.74. The van der Waals surface area contributed by atoms with E-state index in [2.05, 4.69) is 11.8 Å². The lowest BCUT2D eigenvalue weighted by molar-refractivity contribution is 0.107. The Morgan fingerprint density at radius 3 is 2.25 bits per heavy atom. The minimum atomic E-state index is 0.674. The fraction of sp³-hybridized carbons (Fsp3) is 1.00. The van der Waals surface area contributed by atoms with Crippen molar-refractivity contribution < 1.29 is 0 Å². The van der Waals surface area contributed by atoms with Crippen molar-refractivity contribution >= 4 is 0 Å². The molecule has 2 N–H and O–H groups in total. The first-order chi connectivity index (χ1) is 7.85. The van der Waals surface area contributed by atoms with E-state index in [9.17, 15) is 0 Å². The number of nitrogens with zero attached hydrogens (tertiary/aromatic N) is 1. The Hall–Kier alpha value is -0.0800. The SMILES string of the molecule is CCN(CC1CCC1)C(CN)C1CCCC1. The molecule has 2 nitrogen and oxygen atoms in total. The smallest absolute Gasteiger partial charge is 0.0246 e. The molecule has 0 bridgehead atoms. The highest BCUT2D eigenvalue weighted by molar-refractivity contribution is 4.85. The molecule has 0 spiro atoms. The Kier molecular flexibility index (Phi) is 4.66. The second kappa shape index (κ2) is 6.02. The van der Waals surface area contributed by atoms with Gasteiger partial charge in [0.05, 0.1) is 0 Å². The number of rotatable bonds is 6. The van der Waals surface area contributed by atoms with Gasteiger partial charge in [0, 0.05) is 19.1 Å². The largest absolute Gasteiger partial charge is 0.329 e. The Morgan fingerprint density at radius 1 is 1.12 bits per heavy atom. The molecule has 0 radical (unpaired) electrons. The minimum absolute atomic E-state index is 0.674. The van der Waals surface area contributed by atoms with Gasteiger partial charge in [-0.25, -0.2) is 0 Å². The third-order valence-corrected chi connectivity index (χ3v) is 4.78. The molecule has 0 aliphatic heterocycles. The molecule has 2 rings (SSSR count). The second-order valence-electron chi connectivity index (χ2n) is 5.73. The molecule has 0 aromatic carbocycles. The summed E-state index contributed by atoms with van der Waals surface area (Å²) in [6, 6.07) is 0.674. The topological polar surface area (TPSA) is 29.3 Å². The van der Waals surface area contributed by atoms with E-state index >= 15 is 0 Å². The van der Waals surface area contributed by atoms with Crippen LogP contribution in [0.1, 0.15) is 51.9 Å². The maximum Gasteiger partial charge on any atom is 0.0246 e. The zero-order valence-corrected chi connectivity index (χ0v) is 10.8. The maximum atomic E-state index is 6.02. The number of likely N-dealkylation sites (N-methyl/N-ethyl adjacent to an activating group) is 1. The number of hydrogen-bond acceptors (Lipinski definition) is 2. The van der Waals surface area contributed by atoms with Crippen LogP contribution in [-0.4, -0.2) is 30.6 Å². The number of hydrogen-bond donors (Lipinski definition) is 1. The summed E-state index contributed by atoms with van der Waals surface area (Å²) in [5, 5.41) is 0. The maximum absolute atomic E-state index is 6.02. The van der Waals surface area contributed by atoms with E-state index in [1.165, 1.54) is 58.0 Å². The van der Waals surface area contributed by atoms with Crippen LogP contribution in [0.3, 0.4) is 0 Å². The molecule has 2 fully saturated rings. The predicted octanol–water partition coefficient (Wildman–Crippen LogP) is 2.63. The van der Waals surface area contributed by atoms with Crippen LogP contribution in [0, 0.1) is 11.8 Å². The van der Waals surface area contributed by atoms with Crippen molar-refractivity contribution in [1.29, 1.82) is 0 Å². The lowest BCUT2D eigenvalue weighted by atomic mass is 9.84. The van der Waals surface area contributed by atoms with Crippen molar-refractivity contribution in [2.45, 2.75) is 57.9 Å². The Morgan fingerprint density at radius 2 is 1.81 bits per heavy atom. The molecule has 2 saturated carbocycles. The van der Waals surface area contributed by atoms with Crippen molar-refractivity contribution in [3.05, 3.63) is 0 Å². The number of nitrogens with two attached hydrogens (primary N) is 1. The molecule has 0 amide bonds. The molecule has 0 aromatic heterocycles. The standard InChI is InChI=1S/C14H28N2/c1-2-16(11-12-6-5-7-12)14(10-15)13-8-3-4-9-13/h12-14H,2-11,15H2,1H3. The summed E-state index contributed by atoms with van der Waals surface area (Å²) in [7, 11) is 0. The van der Waals surface area contributed by atoms with E-state index in [0.717, 1.165) is 18.4 Å². The van der Waals surface area contributed by atoms with Gasteiger partial charge in [0.1, 0.15) is 0 Å². The lowest BCUT2D eigenvalue weighted by Crippen LogP contribution is -2.47. The molecule has 1 atom stereocenters. The van der Waals surface area contributed by atoms with Crippen molar-refractivity contribution in [1.82, 2.24) is 4.90 Å². The van der Waals surface area contributed by atoms with E-state index in [4.69, 9.17) is 5.73 Å². The van der Waals surface area contributed by atoms with Crippen LogP contribution in [0.25, 0.3) is 0 Å². The molecule has 1 unspecified atom stereocenters. The molecular formula is C14H28N2. The lowest BCUT2D eigenvalue weighted by Gasteiger charge is -2.39. The molecule has 16 heavy (non-hydrogen) atoms. The summed E-state index contributed by atoms with van der Waals surface area (Å²) in [6.07, 6.45) is 10.1. The molecule has 2 aliphatic rings. The Balaban J connectivity index is 1.87. The first kappa shape index (κ1) is 12.4. The summed E-state index contributed by atoms with van der Waals surface area (Å²) < 4.78 is 0. The molecular weight excluding hydrogens is 196 g/mol. The fourth-order valence-electron chi connectivity index (χ4n) is 3.49. The monoisotopic (exact) mass is 224 g/mol. The van der Waals surface area contributed by atoms with Crippen molar-refractivity contribution in [2.24, 2.45) is 17.6 Å². The highest BCUT2D eigenvalue weighted by Crippen LogP contribution is 2.32. The fourth-order valence-corrected chi connectivity index (χ4v) is 3.49. The van der Waals surface area contributed by atoms with E-state index in [-0.39, 0.29) is 0 Å². The van der Waals surface area contributed by atoms with Crippen LogP contribution in [0.5, 0.6) is 0 Å². The van der Waals surface area contributed by atoms with Gasteiger partial charge in [0.15, 0.2) is 0 Å². The summed E-state index contributed by atoms with van der Waals surface area (Å²) in [4.78, 5) is 2.68. The molecule has 2 heteroatoms. The summed E-state index contributed by atoms with van der Waals surface area (Å²) in [5.74, 6) is 1.88. The second-order valence-corrected chi connectivity index (χ2v) is 5.73. The van der Waals surface area contributed by atoms with Crippen molar-refractivity contribution in [3.63, 3.8) is 0 Å². The normalized spacial score (nSPS) is 24.9. The van der Waals surface area contributed by atoms with Gasteiger partial charge in [-0.2, -0.15) is 0 Å². The average molecular weight is 224 g/mol. The van der Waals surface area contributed by atoms with Gasteiger partial charge < -0.3 is 5.73 Å². The van der Waals surface area contributed by atoms with Gasteiger partial charge in [-0.15, -0.1) is 0 Å². The summed E-state index contributed by atoms with van der Waals surface area (Å²) in [6.45, 7) is 5.67. The summed E-state index contributed by atoms with van der Waals surface area (Å²) in [5.41, 5.74) is 6.02. The van der Waals surface area contributed by atoms with Gasteiger partial charge in [-0.3, -0.25) is 4.90 Å². The first-order valence-electron chi connectivity index (χ1n) is 7.29. The van der Waals surface area contributed by atoms with E-state index in [1.54, 1.807) is 0 Å². The highest BCUT2D eigenvalue weighted by Gasteiger charge is 2.30. The molecule has 94 valence electrons. The van der Waals surface area contributed by atoms with E-state index < -0.39 is 0 Å². The highest BCUT2D eigenvalue weighted by atomic mass is 15.2. The zero-order valence-electron chi connectivity index (χ0n) is 10.8. The van der Waals surface area contributed by atoms with E-state index in [1.807, 2.05) is 0 Å². The van der Waals surface area contributed by atoms with Crippen LogP contribution < -0.4 is 5.73 Å². The van der Waals surface area contributed by atoms with Crippen LogP contribution >= 0.6 is 0 Å². The third kappa shape index (κ3) is 2.78. The minimum Gasteiger partial charge on any atom is -0.329 e. The molecule has 0 aromatic rings. The van der Waals surface area contributed by atoms with Gasteiger partial charge >= 0.3 is 0 Å². The van der Waals surface area contributed by atoms with Crippen LogP contribution in [0.2, 0.25) is 0 Å². The quantitative estimate of drug-likeness (QED) is 0.751. The third-order valence-electron chi connectivity index (χ3n) is 4.78. The van der Waals surface area contributed by atoms with Crippen LogP contribution in [0.15, 0.2) is 0 Å². The summed E-state index contributed by atoms with van der Waals surface area (Å²) >= 11 is 0. The van der Waals surface area contributed by atoms with Gasteiger partial charge in [-0.05, 0) is 44.1 Å². The molecule has 0 heterocycles. The Labute approximate surface area is 101 Å². The van der Waals surface area contributed by atoms with Gasteiger partial charge in [-0.1, -0.05) is 26.2 Å².